The Labute approximate surface area is 197 Å². The van der Waals surface area contributed by atoms with Crippen molar-refractivity contribution in [2.45, 2.75) is 49.7 Å². The molecule has 33 heavy (non-hydrogen) atoms. The summed E-state index contributed by atoms with van der Waals surface area (Å²) in [7, 11) is 4.40. The highest BCUT2D eigenvalue weighted by molar-refractivity contribution is 5.41. The molecule has 1 aliphatic carbocycles. The molecule has 2 aliphatic heterocycles. The molecule has 0 radical (unpaired) electrons. The van der Waals surface area contributed by atoms with E-state index in [-0.39, 0.29) is 11.1 Å². The van der Waals surface area contributed by atoms with Gasteiger partial charge in [0.1, 0.15) is 5.82 Å². The fourth-order valence-corrected chi connectivity index (χ4v) is 5.97. The second-order valence-electron chi connectivity index (χ2n) is 10.1. The molecule has 0 bridgehead atoms. The number of benzene rings is 1. The van der Waals surface area contributed by atoms with Crippen LogP contribution in [0.25, 0.3) is 0 Å². The summed E-state index contributed by atoms with van der Waals surface area (Å²) in [6.07, 6.45) is 5.51. The van der Waals surface area contributed by atoms with Crippen LogP contribution in [0.2, 0.25) is 0 Å². The number of nitrogens with one attached hydrogen (secondary N) is 1. The number of aliphatic hydroxyl groups is 1. The Hall–Kier alpha value is -2.03. The topological polar surface area (TPSA) is 64.1 Å². The lowest BCUT2D eigenvalue weighted by Gasteiger charge is -2.49. The molecular formula is C26H37N5O2. The van der Waals surface area contributed by atoms with Crippen molar-refractivity contribution in [1.29, 1.82) is 0 Å². The number of anilines is 1. The predicted molar refractivity (Wildman–Crippen MR) is 130 cm³/mol. The number of ether oxygens (including phenoxy) is 1. The van der Waals surface area contributed by atoms with Crippen molar-refractivity contribution in [3.05, 3.63) is 59.8 Å². The minimum absolute atomic E-state index is 0.0340. The van der Waals surface area contributed by atoms with Gasteiger partial charge in [-0.3, -0.25) is 15.1 Å². The van der Waals surface area contributed by atoms with Gasteiger partial charge in [0.15, 0.2) is 6.35 Å². The number of nitrogens with zero attached hydrogens (tertiary/aromatic N) is 4. The summed E-state index contributed by atoms with van der Waals surface area (Å²) in [6, 6.07) is 15.1. The van der Waals surface area contributed by atoms with Crippen molar-refractivity contribution in [1.82, 2.24) is 20.1 Å². The quantitative estimate of drug-likeness (QED) is 0.724. The normalized spacial score (nSPS) is 30.9. The molecule has 3 aliphatic rings. The van der Waals surface area contributed by atoms with E-state index in [9.17, 15) is 5.11 Å². The van der Waals surface area contributed by atoms with E-state index in [1.807, 2.05) is 6.20 Å². The fraction of sp³-hybridized carbons (Fsp3) is 0.577. The van der Waals surface area contributed by atoms with Gasteiger partial charge in [0, 0.05) is 43.5 Å². The SMILES string of the molecule is CN(C)[C@]1(c2ccccc2)CC[C@]2(CC1)CN(Cc1ccnc(N3CCOCC3)c1)C(O)N2. The zero-order valence-corrected chi connectivity index (χ0v) is 19.9. The molecule has 3 heterocycles. The van der Waals surface area contributed by atoms with Crippen LogP contribution in [-0.2, 0) is 16.8 Å². The molecule has 1 spiro atoms. The van der Waals surface area contributed by atoms with Crippen LogP contribution >= 0.6 is 0 Å². The lowest BCUT2D eigenvalue weighted by molar-refractivity contribution is 0.0126. The standard InChI is InChI=1S/C26H37N5O2/c1-29(2)26(22-6-4-3-5-7-22)11-9-25(10-12-26)20-31(24(32)28-25)19-21-8-13-27-23(18-21)30-14-16-33-17-15-30/h3-8,13,18,24,28,32H,9-12,14-17,19-20H2,1-2H3/t24?,25-,26+. The Morgan fingerprint density at radius 3 is 2.52 bits per heavy atom. The first kappa shape index (κ1) is 22.7. The molecule has 0 amide bonds. The summed E-state index contributed by atoms with van der Waals surface area (Å²) in [5.74, 6) is 1.00. The molecule has 1 atom stereocenters. The van der Waals surface area contributed by atoms with E-state index in [0.29, 0.717) is 6.54 Å². The van der Waals surface area contributed by atoms with Crippen LogP contribution < -0.4 is 10.2 Å². The van der Waals surface area contributed by atoms with Crippen LogP contribution in [0.1, 0.15) is 36.8 Å². The predicted octanol–water partition coefficient (Wildman–Crippen LogP) is 2.37. The van der Waals surface area contributed by atoms with Gasteiger partial charge in [-0.1, -0.05) is 30.3 Å². The maximum atomic E-state index is 10.9. The van der Waals surface area contributed by atoms with Crippen molar-refractivity contribution in [2.75, 3.05) is 51.8 Å². The maximum absolute atomic E-state index is 10.9. The third kappa shape index (κ3) is 4.53. The zero-order valence-electron chi connectivity index (χ0n) is 19.9. The Morgan fingerprint density at radius 1 is 1.09 bits per heavy atom. The van der Waals surface area contributed by atoms with Crippen LogP contribution in [-0.4, -0.2) is 78.7 Å². The smallest absolute Gasteiger partial charge is 0.163 e. The van der Waals surface area contributed by atoms with E-state index in [2.05, 4.69) is 81.6 Å². The number of hydrogen-bond acceptors (Lipinski definition) is 7. The molecule has 7 nitrogen and oxygen atoms in total. The zero-order chi connectivity index (χ0) is 22.9. The molecule has 178 valence electrons. The molecule has 2 N–H and O–H groups in total. The first-order valence-electron chi connectivity index (χ1n) is 12.2. The summed E-state index contributed by atoms with van der Waals surface area (Å²) in [6.45, 7) is 4.83. The van der Waals surface area contributed by atoms with Crippen LogP contribution in [0.3, 0.4) is 0 Å². The second kappa shape index (κ2) is 9.31. The number of aromatic nitrogens is 1. The minimum Gasteiger partial charge on any atom is -0.378 e. The van der Waals surface area contributed by atoms with Gasteiger partial charge in [0.05, 0.1) is 13.2 Å². The highest BCUT2D eigenvalue weighted by Crippen LogP contribution is 2.46. The van der Waals surface area contributed by atoms with Gasteiger partial charge in [0.2, 0.25) is 0 Å². The lowest BCUT2D eigenvalue weighted by atomic mass is 9.69. The highest BCUT2D eigenvalue weighted by Gasteiger charge is 2.49. The largest absolute Gasteiger partial charge is 0.378 e. The van der Waals surface area contributed by atoms with Crippen molar-refractivity contribution < 1.29 is 9.84 Å². The average Bonchev–Trinajstić information content (AvgIpc) is 3.15. The molecule has 1 saturated carbocycles. The molecule has 1 aromatic carbocycles. The molecule has 7 heteroatoms. The van der Waals surface area contributed by atoms with E-state index in [1.54, 1.807) is 0 Å². The molecule has 1 aromatic heterocycles. The maximum Gasteiger partial charge on any atom is 0.163 e. The van der Waals surface area contributed by atoms with Crippen LogP contribution in [0.4, 0.5) is 5.82 Å². The fourth-order valence-electron chi connectivity index (χ4n) is 5.97. The molecule has 1 unspecified atom stereocenters. The number of morpholine rings is 1. The van der Waals surface area contributed by atoms with E-state index >= 15 is 0 Å². The lowest BCUT2D eigenvalue weighted by Crippen LogP contribution is -2.54. The summed E-state index contributed by atoms with van der Waals surface area (Å²) in [4.78, 5) is 11.4. The van der Waals surface area contributed by atoms with Crippen LogP contribution in [0.15, 0.2) is 48.7 Å². The van der Waals surface area contributed by atoms with Crippen molar-refractivity contribution in [3.8, 4) is 0 Å². The van der Waals surface area contributed by atoms with Crippen LogP contribution in [0.5, 0.6) is 0 Å². The molecular weight excluding hydrogens is 414 g/mol. The summed E-state index contributed by atoms with van der Waals surface area (Å²) in [5.41, 5.74) is 2.61. The second-order valence-corrected chi connectivity index (χ2v) is 10.1. The van der Waals surface area contributed by atoms with E-state index in [4.69, 9.17) is 4.74 Å². The summed E-state index contributed by atoms with van der Waals surface area (Å²) >= 11 is 0. The monoisotopic (exact) mass is 451 g/mol. The van der Waals surface area contributed by atoms with Gasteiger partial charge in [-0.2, -0.15) is 0 Å². The Morgan fingerprint density at radius 2 is 1.82 bits per heavy atom. The number of aliphatic hydroxyl groups excluding tert-OH is 1. The van der Waals surface area contributed by atoms with E-state index in [0.717, 1.165) is 64.3 Å². The van der Waals surface area contributed by atoms with Crippen molar-refractivity contribution >= 4 is 5.82 Å². The van der Waals surface area contributed by atoms with E-state index < -0.39 is 6.35 Å². The highest BCUT2D eigenvalue weighted by atomic mass is 16.5. The first-order chi connectivity index (χ1) is 16.0. The van der Waals surface area contributed by atoms with Crippen LogP contribution in [0, 0.1) is 0 Å². The van der Waals surface area contributed by atoms with Crippen molar-refractivity contribution in [2.24, 2.45) is 0 Å². The number of rotatable bonds is 5. The first-order valence-corrected chi connectivity index (χ1v) is 12.2. The minimum atomic E-state index is -0.617. The molecule has 2 saturated heterocycles. The van der Waals surface area contributed by atoms with Gasteiger partial charge in [-0.15, -0.1) is 0 Å². The summed E-state index contributed by atoms with van der Waals surface area (Å²) in [5, 5.41) is 14.5. The Kier molecular flexibility index (Phi) is 6.42. The Balaban J connectivity index is 1.26. The third-order valence-electron chi connectivity index (χ3n) is 8.02. The Bertz CT molecular complexity index is 923. The van der Waals surface area contributed by atoms with Gasteiger partial charge < -0.3 is 14.7 Å². The van der Waals surface area contributed by atoms with Gasteiger partial charge in [-0.05, 0) is 63.0 Å². The van der Waals surface area contributed by atoms with Gasteiger partial charge >= 0.3 is 0 Å². The van der Waals surface area contributed by atoms with Gasteiger partial charge in [-0.25, -0.2) is 4.98 Å². The van der Waals surface area contributed by atoms with E-state index in [1.165, 1.54) is 11.1 Å². The summed E-state index contributed by atoms with van der Waals surface area (Å²) < 4.78 is 5.47. The molecule has 5 rings (SSSR count). The third-order valence-corrected chi connectivity index (χ3v) is 8.02. The van der Waals surface area contributed by atoms with Gasteiger partial charge in [0.25, 0.3) is 0 Å². The number of pyridine rings is 1. The van der Waals surface area contributed by atoms with Crippen molar-refractivity contribution in [3.63, 3.8) is 0 Å². The molecule has 3 fully saturated rings. The number of hydrogen-bond donors (Lipinski definition) is 2. The molecule has 2 aromatic rings. The average molecular weight is 452 g/mol.